The molecule has 1 aromatic heterocycles. The third kappa shape index (κ3) is 1.88. The van der Waals surface area contributed by atoms with Gasteiger partial charge in [-0.1, -0.05) is 18.2 Å². The first-order valence-corrected chi connectivity index (χ1v) is 5.26. The molecule has 0 aliphatic rings. The normalized spacial score (nSPS) is 9.79. The van der Waals surface area contributed by atoms with Gasteiger partial charge in [0, 0.05) is 16.4 Å². The molecule has 0 aliphatic carbocycles. The lowest BCUT2D eigenvalue weighted by Gasteiger charge is -2.05. The predicted molar refractivity (Wildman–Crippen MR) is 60.6 cm³/mol. The molecule has 1 heterocycles. The quantitative estimate of drug-likeness (QED) is 0.828. The Bertz CT molecular complexity index is 397. The van der Waals surface area contributed by atoms with E-state index in [2.05, 4.69) is 5.32 Å². The van der Waals surface area contributed by atoms with Crippen molar-refractivity contribution in [2.75, 3.05) is 12.4 Å². The molecule has 0 aliphatic heterocycles. The van der Waals surface area contributed by atoms with Gasteiger partial charge in [-0.05, 0) is 12.1 Å². The van der Waals surface area contributed by atoms with Crippen LogP contribution in [-0.2, 0) is 0 Å². The molecule has 0 saturated heterocycles. The summed E-state index contributed by atoms with van der Waals surface area (Å²) in [6, 6.07) is 10.0. The Morgan fingerprint density at radius 1 is 1.14 bits per heavy atom. The van der Waals surface area contributed by atoms with Crippen LogP contribution in [0.15, 0.2) is 41.1 Å². The van der Waals surface area contributed by atoms with Crippen LogP contribution in [0.2, 0.25) is 0 Å². The molecule has 1 N–H and O–H groups in total. The Morgan fingerprint density at radius 3 is 2.64 bits per heavy atom. The van der Waals surface area contributed by atoms with E-state index in [0.717, 1.165) is 17.1 Å². The number of methoxy groups -OCH3 is 1. The number of thiophene rings is 1. The summed E-state index contributed by atoms with van der Waals surface area (Å²) in [4.78, 5) is 0. The third-order valence-electron chi connectivity index (χ3n) is 1.90. The molecular formula is C11H11NOS. The lowest BCUT2D eigenvalue weighted by Crippen LogP contribution is -1.90. The molecule has 0 spiro atoms. The molecule has 2 rings (SSSR count). The van der Waals surface area contributed by atoms with Crippen LogP contribution in [0, 0.1) is 0 Å². The van der Waals surface area contributed by atoms with Crippen LogP contribution in [0.5, 0.6) is 5.75 Å². The summed E-state index contributed by atoms with van der Waals surface area (Å²) < 4.78 is 5.21. The van der Waals surface area contributed by atoms with E-state index in [1.54, 1.807) is 18.4 Å². The first-order chi connectivity index (χ1) is 6.90. The Morgan fingerprint density at radius 2 is 1.93 bits per heavy atom. The Kier molecular flexibility index (Phi) is 2.70. The fourth-order valence-electron chi connectivity index (χ4n) is 1.21. The lowest BCUT2D eigenvalue weighted by molar-refractivity contribution is 0.418. The van der Waals surface area contributed by atoms with Gasteiger partial charge in [0.1, 0.15) is 0 Å². The van der Waals surface area contributed by atoms with Crippen molar-refractivity contribution in [2.45, 2.75) is 0 Å². The highest BCUT2D eigenvalue weighted by atomic mass is 32.1. The molecule has 0 fully saturated rings. The average molecular weight is 205 g/mol. The molecule has 14 heavy (non-hydrogen) atoms. The largest absolute Gasteiger partial charge is 0.494 e. The molecular weight excluding hydrogens is 194 g/mol. The SMILES string of the molecule is COc1cscc1Nc1ccccc1. The van der Waals surface area contributed by atoms with Crippen LogP contribution in [-0.4, -0.2) is 7.11 Å². The van der Waals surface area contributed by atoms with E-state index in [9.17, 15) is 0 Å². The van der Waals surface area contributed by atoms with Gasteiger partial charge >= 0.3 is 0 Å². The minimum Gasteiger partial charge on any atom is -0.494 e. The number of hydrogen-bond acceptors (Lipinski definition) is 3. The molecule has 0 saturated carbocycles. The van der Waals surface area contributed by atoms with E-state index in [-0.39, 0.29) is 0 Å². The number of benzene rings is 1. The van der Waals surface area contributed by atoms with E-state index in [4.69, 9.17) is 4.74 Å². The number of ether oxygens (including phenoxy) is 1. The standard InChI is InChI=1S/C11H11NOS/c1-13-11-8-14-7-10(11)12-9-5-3-2-4-6-9/h2-8,12H,1H3. The minimum atomic E-state index is 0.888. The van der Waals surface area contributed by atoms with Gasteiger partial charge in [0.15, 0.2) is 5.75 Å². The van der Waals surface area contributed by atoms with Gasteiger partial charge in [-0.25, -0.2) is 0 Å². The average Bonchev–Trinajstić information content (AvgIpc) is 2.67. The van der Waals surface area contributed by atoms with Gasteiger partial charge in [-0.2, -0.15) is 0 Å². The molecule has 1 aromatic carbocycles. The van der Waals surface area contributed by atoms with Crippen LogP contribution in [0.3, 0.4) is 0 Å². The second kappa shape index (κ2) is 4.15. The zero-order chi connectivity index (χ0) is 9.80. The van der Waals surface area contributed by atoms with Gasteiger partial charge < -0.3 is 10.1 Å². The summed E-state index contributed by atoms with van der Waals surface area (Å²) in [5.74, 6) is 0.888. The van der Waals surface area contributed by atoms with Crippen molar-refractivity contribution in [1.29, 1.82) is 0 Å². The molecule has 3 heteroatoms. The van der Waals surface area contributed by atoms with Crippen LogP contribution >= 0.6 is 11.3 Å². The lowest BCUT2D eigenvalue weighted by atomic mass is 10.3. The van der Waals surface area contributed by atoms with E-state index in [0.29, 0.717) is 0 Å². The zero-order valence-corrected chi connectivity index (χ0v) is 8.67. The van der Waals surface area contributed by atoms with Gasteiger partial charge in [-0.15, -0.1) is 11.3 Å². The van der Waals surface area contributed by atoms with E-state index < -0.39 is 0 Å². The Balaban J connectivity index is 2.19. The fraction of sp³-hybridized carbons (Fsp3) is 0.0909. The highest BCUT2D eigenvalue weighted by Crippen LogP contribution is 2.31. The summed E-state index contributed by atoms with van der Waals surface area (Å²) in [5.41, 5.74) is 2.09. The number of para-hydroxylation sites is 1. The molecule has 0 radical (unpaired) electrons. The van der Waals surface area contributed by atoms with Crippen LogP contribution in [0.1, 0.15) is 0 Å². The van der Waals surface area contributed by atoms with Crippen LogP contribution in [0.4, 0.5) is 11.4 Å². The van der Waals surface area contributed by atoms with Crippen molar-refractivity contribution in [3.8, 4) is 5.75 Å². The fourth-order valence-corrected chi connectivity index (χ4v) is 1.94. The molecule has 2 aromatic rings. The molecule has 72 valence electrons. The zero-order valence-electron chi connectivity index (χ0n) is 7.86. The van der Waals surface area contributed by atoms with Crippen LogP contribution in [0.25, 0.3) is 0 Å². The molecule has 0 bridgehead atoms. The van der Waals surface area contributed by atoms with Crippen molar-refractivity contribution < 1.29 is 4.74 Å². The number of hydrogen-bond donors (Lipinski definition) is 1. The minimum absolute atomic E-state index is 0.888. The predicted octanol–water partition coefficient (Wildman–Crippen LogP) is 3.50. The highest BCUT2D eigenvalue weighted by molar-refractivity contribution is 7.08. The second-order valence-corrected chi connectivity index (χ2v) is 3.59. The van der Waals surface area contributed by atoms with Gasteiger partial charge in [0.05, 0.1) is 12.8 Å². The van der Waals surface area contributed by atoms with Gasteiger partial charge in [0.2, 0.25) is 0 Å². The van der Waals surface area contributed by atoms with Crippen molar-refractivity contribution >= 4 is 22.7 Å². The monoisotopic (exact) mass is 205 g/mol. The molecule has 0 unspecified atom stereocenters. The topological polar surface area (TPSA) is 21.3 Å². The summed E-state index contributed by atoms with van der Waals surface area (Å²) in [6.07, 6.45) is 0. The first-order valence-electron chi connectivity index (χ1n) is 4.32. The van der Waals surface area contributed by atoms with E-state index in [1.807, 2.05) is 41.1 Å². The molecule has 0 amide bonds. The second-order valence-electron chi connectivity index (χ2n) is 2.84. The number of nitrogens with one attached hydrogen (secondary N) is 1. The smallest absolute Gasteiger partial charge is 0.152 e. The van der Waals surface area contributed by atoms with Gasteiger partial charge in [-0.3, -0.25) is 0 Å². The van der Waals surface area contributed by atoms with Crippen LogP contribution < -0.4 is 10.1 Å². The van der Waals surface area contributed by atoms with E-state index >= 15 is 0 Å². The highest BCUT2D eigenvalue weighted by Gasteiger charge is 2.02. The maximum absolute atomic E-state index is 5.21. The maximum Gasteiger partial charge on any atom is 0.152 e. The van der Waals surface area contributed by atoms with Gasteiger partial charge in [0.25, 0.3) is 0 Å². The van der Waals surface area contributed by atoms with E-state index in [1.165, 1.54) is 0 Å². The summed E-state index contributed by atoms with van der Waals surface area (Å²) in [5, 5.41) is 7.30. The first kappa shape index (κ1) is 9.09. The number of rotatable bonds is 3. The Labute approximate surface area is 87.2 Å². The summed E-state index contributed by atoms with van der Waals surface area (Å²) in [6.45, 7) is 0. The third-order valence-corrected chi connectivity index (χ3v) is 2.62. The summed E-state index contributed by atoms with van der Waals surface area (Å²) >= 11 is 1.62. The summed E-state index contributed by atoms with van der Waals surface area (Å²) in [7, 11) is 1.68. The molecule has 0 atom stereocenters. The van der Waals surface area contributed by atoms with Crippen molar-refractivity contribution in [1.82, 2.24) is 0 Å². The van der Waals surface area contributed by atoms with Crippen molar-refractivity contribution in [3.05, 3.63) is 41.1 Å². The van der Waals surface area contributed by atoms with Crippen molar-refractivity contribution in [3.63, 3.8) is 0 Å². The van der Waals surface area contributed by atoms with Crippen molar-refractivity contribution in [2.24, 2.45) is 0 Å². The maximum atomic E-state index is 5.21. The molecule has 2 nitrogen and oxygen atoms in total. The Hall–Kier alpha value is -1.48. The number of anilines is 2.